The SMILES string of the molecule is CC(C)(NC(=O)Nc1ccc2c(n1)CN(C1CCC(=O)NC1O)C2=O)c1nc2c(-c3cnco3)cc(Cl)cc2s1. The Morgan fingerprint density at radius 1 is 1.25 bits per heavy atom. The van der Waals surface area contributed by atoms with Crippen molar-refractivity contribution < 1.29 is 23.9 Å². The largest absolute Gasteiger partial charge is 0.443 e. The van der Waals surface area contributed by atoms with Gasteiger partial charge in [-0.25, -0.2) is 19.7 Å². The minimum Gasteiger partial charge on any atom is -0.443 e. The molecular weight excluding hydrogens is 558 g/mol. The van der Waals surface area contributed by atoms with Crippen molar-refractivity contribution in [3.63, 3.8) is 0 Å². The summed E-state index contributed by atoms with van der Waals surface area (Å²) in [5, 5.41) is 19.6. The summed E-state index contributed by atoms with van der Waals surface area (Å²) in [6.45, 7) is 3.83. The zero-order valence-corrected chi connectivity index (χ0v) is 23.0. The first-order valence-electron chi connectivity index (χ1n) is 12.5. The molecule has 0 aliphatic carbocycles. The minimum atomic E-state index is -1.14. The highest BCUT2D eigenvalue weighted by Crippen LogP contribution is 2.37. The van der Waals surface area contributed by atoms with E-state index in [1.165, 1.54) is 22.6 Å². The van der Waals surface area contributed by atoms with Crippen molar-refractivity contribution in [3.8, 4) is 11.3 Å². The normalized spacial score (nSPS) is 19.1. The summed E-state index contributed by atoms with van der Waals surface area (Å²) in [7, 11) is 0. The average Bonchev–Trinajstić information content (AvgIpc) is 3.63. The fraction of sp³-hybridized carbons (Fsp3) is 0.308. The lowest BCUT2D eigenvalue weighted by Crippen LogP contribution is -2.55. The number of pyridine rings is 1. The zero-order valence-electron chi connectivity index (χ0n) is 21.4. The van der Waals surface area contributed by atoms with E-state index in [2.05, 4.69) is 25.9 Å². The molecule has 2 aliphatic heterocycles. The van der Waals surface area contributed by atoms with Gasteiger partial charge in [-0.15, -0.1) is 11.3 Å². The van der Waals surface area contributed by atoms with E-state index in [0.29, 0.717) is 44.5 Å². The van der Waals surface area contributed by atoms with Gasteiger partial charge in [0.15, 0.2) is 12.2 Å². The lowest BCUT2D eigenvalue weighted by Gasteiger charge is -2.34. The van der Waals surface area contributed by atoms with Gasteiger partial charge in [-0.1, -0.05) is 11.6 Å². The Labute approximate surface area is 236 Å². The molecule has 3 aromatic heterocycles. The summed E-state index contributed by atoms with van der Waals surface area (Å²) in [5.74, 6) is 0.273. The Morgan fingerprint density at radius 3 is 2.83 bits per heavy atom. The molecule has 5 heterocycles. The van der Waals surface area contributed by atoms with Crippen LogP contribution >= 0.6 is 22.9 Å². The topological polar surface area (TPSA) is 163 Å². The molecule has 1 saturated heterocycles. The molecule has 206 valence electrons. The summed E-state index contributed by atoms with van der Waals surface area (Å²) in [6.07, 6.45) is 2.36. The number of aliphatic hydroxyl groups is 1. The minimum absolute atomic E-state index is 0.163. The fourth-order valence-corrected chi connectivity index (χ4v) is 6.30. The molecule has 2 unspecified atom stereocenters. The van der Waals surface area contributed by atoms with Crippen LogP contribution in [0.25, 0.3) is 21.5 Å². The second kappa shape index (κ2) is 9.84. The predicted octanol–water partition coefficient (Wildman–Crippen LogP) is 3.61. The van der Waals surface area contributed by atoms with Gasteiger partial charge in [0.05, 0.1) is 45.8 Å². The summed E-state index contributed by atoms with van der Waals surface area (Å²) >= 11 is 7.73. The van der Waals surface area contributed by atoms with Crippen molar-refractivity contribution in [2.45, 2.75) is 51.0 Å². The third-order valence-corrected chi connectivity index (χ3v) is 8.43. The number of urea groups is 1. The third-order valence-electron chi connectivity index (χ3n) is 6.89. The Morgan fingerprint density at radius 2 is 2.08 bits per heavy atom. The molecule has 2 atom stereocenters. The number of thiazole rings is 1. The number of benzene rings is 1. The van der Waals surface area contributed by atoms with Crippen molar-refractivity contribution in [2.75, 3.05) is 5.32 Å². The van der Waals surface area contributed by atoms with Crippen molar-refractivity contribution >= 4 is 56.8 Å². The Bertz CT molecular complexity index is 1650. The Balaban J connectivity index is 1.17. The van der Waals surface area contributed by atoms with E-state index in [-0.39, 0.29) is 30.6 Å². The molecule has 1 aromatic carbocycles. The van der Waals surface area contributed by atoms with Gasteiger partial charge in [-0.3, -0.25) is 14.9 Å². The maximum Gasteiger partial charge on any atom is 0.321 e. The molecule has 4 amide bonds. The van der Waals surface area contributed by atoms with Crippen LogP contribution in [-0.4, -0.2) is 55.1 Å². The maximum absolute atomic E-state index is 13.0. The van der Waals surface area contributed by atoms with Gasteiger partial charge >= 0.3 is 6.03 Å². The number of halogens is 1. The highest BCUT2D eigenvalue weighted by molar-refractivity contribution is 7.18. The number of oxazole rings is 1. The van der Waals surface area contributed by atoms with E-state index in [1.807, 2.05) is 19.9 Å². The summed E-state index contributed by atoms with van der Waals surface area (Å²) in [5.41, 5.74) is 1.41. The van der Waals surface area contributed by atoms with E-state index >= 15 is 0 Å². The van der Waals surface area contributed by atoms with Crippen molar-refractivity contribution in [1.29, 1.82) is 0 Å². The number of aliphatic hydroxyl groups excluding tert-OH is 1. The van der Waals surface area contributed by atoms with Gasteiger partial charge in [0.25, 0.3) is 5.91 Å². The number of amides is 4. The van der Waals surface area contributed by atoms with Gasteiger partial charge in [-0.05, 0) is 44.5 Å². The summed E-state index contributed by atoms with van der Waals surface area (Å²) < 4.78 is 6.29. The first-order valence-corrected chi connectivity index (χ1v) is 13.7. The molecule has 6 rings (SSSR count). The zero-order chi connectivity index (χ0) is 28.2. The number of piperidine rings is 1. The van der Waals surface area contributed by atoms with Crippen molar-refractivity contribution in [2.24, 2.45) is 0 Å². The molecule has 0 bridgehead atoms. The van der Waals surface area contributed by atoms with Gasteiger partial charge < -0.3 is 25.1 Å². The van der Waals surface area contributed by atoms with Crippen LogP contribution in [0.3, 0.4) is 0 Å². The summed E-state index contributed by atoms with van der Waals surface area (Å²) in [6, 6.07) is 5.67. The Hall–Kier alpha value is -4.07. The first-order chi connectivity index (χ1) is 19.1. The number of nitrogens with zero attached hydrogens (tertiary/aromatic N) is 4. The van der Waals surface area contributed by atoms with Crippen LogP contribution in [-0.2, 0) is 16.9 Å². The molecule has 40 heavy (non-hydrogen) atoms. The second-order valence-electron chi connectivity index (χ2n) is 10.1. The van der Waals surface area contributed by atoms with Crippen LogP contribution < -0.4 is 16.0 Å². The molecule has 14 heteroatoms. The van der Waals surface area contributed by atoms with Crippen molar-refractivity contribution in [3.05, 3.63) is 58.1 Å². The van der Waals surface area contributed by atoms with Crippen LogP contribution in [0.4, 0.5) is 10.6 Å². The number of aromatic nitrogens is 3. The smallest absolute Gasteiger partial charge is 0.321 e. The highest BCUT2D eigenvalue weighted by atomic mass is 35.5. The molecule has 2 aliphatic rings. The van der Waals surface area contributed by atoms with Crippen LogP contribution in [0.1, 0.15) is 47.7 Å². The number of anilines is 1. The van der Waals surface area contributed by atoms with Crippen LogP contribution in [0.15, 0.2) is 41.3 Å². The lowest BCUT2D eigenvalue weighted by molar-refractivity contribution is -0.129. The third kappa shape index (κ3) is 4.76. The Kier molecular flexibility index (Phi) is 6.44. The predicted molar refractivity (Wildman–Crippen MR) is 147 cm³/mol. The number of carbonyl (C=O) groups excluding carboxylic acids is 3. The summed E-state index contributed by atoms with van der Waals surface area (Å²) in [4.78, 5) is 52.2. The molecule has 4 aromatic rings. The number of carbonyl (C=O) groups is 3. The first kappa shape index (κ1) is 26.2. The van der Waals surface area contributed by atoms with E-state index in [9.17, 15) is 19.5 Å². The monoisotopic (exact) mass is 581 g/mol. The van der Waals surface area contributed by atoms with Gasteiger partial charge in [0.1, 0.15) is 17.1 Å². The molecule has 0 spiro atoms. The van der Waals surface area contributed by atoms with Gasteiger partial charge in [-0.2, -0.15) is 0 Å². The number of nitrogens with one attached hydrogen (secondary N) is 3. The second-order valence-corrected chi connectivity index (χ2v) is 11.6. The van der Waals surface area contributed by atoms with E-state index < -0.39 is 23.8 Å². The van der Waals surface area contributed by atoms with Crippen LogP contribution in [0.5, 0.6) is 0 Å². The van der Waals surface area contributed by atoms with E-state index in [4.69, 9.17) is 21.0 Å². The van der Waals surface area contributed by atoms with Crippen LogP contribution in [0, 0.1) is 0 Å². The fourth-order valence-electron chi connectivity index (χ4n) is 4.92. The molecule has 0 radical (unpaired) electrons. The molecule has 12 nitrogen and oxygen atoms in total. The quantitative estimate of drug-likeness (QED) is 0.278. The molecule has 1 fully saturated rings. The van der Waals surface area contributed by atoms with Crippen molar-refractivity contribution in [1.82, 2.24) is 30.5 Å². The standard InChI is InChI=1S/C26H24ClN7O5S/c1-26(2,24-32-21-14(17-9-28-11-39-17)7-12(27)8-18(21)40-24)33-25(38)30-19-5-3-13-15(29-19)10-34(23(13)37)16-4-6-20(35)31-22(16)36/h3,5,7-9,11,16,22,36H,4,6,10H2,1-2H3,(H,31,35)(H2,29,30,33,38). The number of rotatable bonds is 5. The molecule has 4 N–H and O–H groups in total. The molecular formula is C26H24ClN7O5S. The van der Waals surface area contributed by atoms with Gasteiger partial charge in [0, 0.05) is 17.0 Å². The number of fused-ring (bicyclic) bond motifs is 2. The van der Waals surface area contributed by atoms with E-state index in [0.717, 1.165) is 4.70 Å². The lowest BCUT2D eigenvalue weighted by atomic mass is 10.0. The van der Waals surface area contributed by atoms with Gasteiger partial charge in [0.2, 0.25) is 5.91 Å². The van der Waals surface area contributed by atoms with Crippen LogP contribution in [0.2, 0.25) is 5.02 Å². The number of hydrogen-bond donors (Lipinski definition) is 4. The average molecular weight is 582 g/mol. The number of hydrogen-bond acceptors (Lipinski definition) is 9. The maximum atomic E-state index is 13.0. The highest BCUT2D eigenvalue weighted by Gasteiger charge is 2.39. The molecule has 0 saturated carbocycles. The van der Waals surface area contributed by atoms with E-state index in [1.54, 1.807) is 24.4 Å².